The molecule has 0 N–H and O–H groups in total. The molecule has 4 heteroatoms. The molecule has 2 rings (SSSR count). The van der Waals surface area contributed by atoms with E-state index in [1.165, 1.54) is 6.21 Å². The first-order valence-electron chi connectivity index (χ1n) is 6.33. The fraction of sp³-hybridized carbons (Fsp3) is 0.188. The van der Waals surface area contributed by atoms with E-state index in [-0.39, 0.29) is 0 Å². The largest absolute Gasteiger partial charge is 0.282 e. The first-order chi connectivity index (χ1) is 9.40. The molecular weight excluding hydrogens is 270 g/mol. The van der Waals surface area contributed by atoms with Gasteiger partial charge in [0.05, 0.1) is 4.90 Å². The minimum Gasteiger partial charge on any atom is -0.199 e. The van der Waals surface area contributed by atoms with E-state index >= 15 is 0 Å². The van der Waals surface area contributed by atoms with Crippen LogP contribution in [0.5, 0.6) is 0 Å². The van der Waals surface area contributed by atoms with Crippen molar-refractivity contribution in [1.29, 1.82) is 0 Å². The zero-order valence-electron chi connectivity index (χ0n) is 11.8. The Morgan fingerprint density at radius 2 is 1.50 bits per heavy atom. The summed E-state index contributed by atoms with van der Waals surface area (Å²) in [5.74, 6) is 0. The molecule has 0 aliphatic carbocycles. The highest BCUT2D eigenvalue weighted by Crippen LogP contribution is 2.23. The van der Waals surface area contributed by atoms with Crippen molar-refractivity contribution in [3.8, 4) is 0 Å². The molecule has 0 saturated heterocycles. The van der Waals surface area contributed by atoms with E-state index in [0.29, 0.717) is 4.90 Å². The molecule has 0 saturated carbocycles. The summed E-state index contributed by atoms with van der Waals surface area (Å²) in [5.41, 5.74) is 3.27. The van der Waals surface area contributed by atoms with E-state index < -0.39 is 10.0 Å². The maximum atomic E-state index is 12.4. The number of rotatable bonds is 3. The Morgan fingerprint density at radius 3 is 2.05 bits per heavy atom. The maximum absolute atomic E-state index is 12.4. The highest BCUT2D eigenvalue weighted by atomic mass is 32.2. The molecule has 0 aliphatic heterocycles. The van der Waals surface area contributed by atoms with Gasteiger partial charge in [0, 0.05) is 6.21 Å². The summed E-state index contributed by atoms with van der Waals surface area (Å²) in [6.45, 7) is 5.54. The molecule has 0 unspecified atom stereocenters. The lowest BCUT2D eigenvalue weighted by atomic mass is 10.1. The molecule has 0 radical (unpaired) electrons. The second kappa shape index (κ2) is 5.59. The van der Waals surface area contributed by atoms with Crippen molar-refractivity contribution in [1.82, 2.24) is 0 Å². The molecule has 104 valence electrons. The quantitative estimate of drug-likeness (QED) is 0.812. The van der Waals surface area contributed by atoms with Gasteiger partial charge in [-0.25, -0.2) is 0 Å². The van der Waals surface area contributed by atoms with Crippen LogP contribution < -0.4 is 0 Å². The number of nitrogens with zero attached hydrogens (tertiary/aromatic N) is 1. The predicted molar refractivity (Wildman–Crippen MR) is 81.9 cm³/mol. The van der Waals surface area contributed by atoms with Crippen LogP contribution in [0, 0.1) is 20.8 Å². The van der Waals surface area contributed by atoms with Gasteiger partial charge in [-0.3, -0.25) is 0 Å². The molecule has 0 heterocycles. The van der Waals surface area contributed by atoms with Gasteiger partial charge in [-0.15, -0.1) is 0 Å². The van der Waals surface area contributed by atoms with Crippen LogP contribution in [0.25, 0.3) is 0 Å². The van der Waals surface area contributed by atoms with Crippen molar-refractivity contribution in [2.24, 2.45) is 4.40 Å². The molecule has 0 bridgehead atoms. The van der Waals surface area contributed by atoms with Crippen LogP contribution in [0.4, 0.5) is 0 Å². The van der Waals surface area contributed by atoms with Crippen molar-refractivity contribution in [2.75, 3.05) is 0 Å². The monoisotopic (exact) mass is 287 g/mol. The highest BCUT2D eigenvalue weighted by molar-refractivity contribution is 7.90. The van der Waals surface area contributed by atoms with Gasteiger partial charge in [-0.2, -0.15) is 12.8 Å². The van der Waals surface area contributed by atoms with Crippen LogP contribution in [-0.4, -0.2) is 14.6 Å². The van der Waals surface area contributed by atoms with Gasteiger partial charge < -0.3 is 0 Å². The van der Waals surface area contributed by atoms with Crippen LogP contribution in [-0.2, 0) is 10.0 Å². The summed E-state index contributed by atoms with van der Waals surface area (Å²) in [5, 5.41) is 0. The van der Waals surface area contributed by atoms with Crippen LogP contribution in [0.15, 0.2) is 51.8 Å². The third-order valence-electron chi connectivity index (χ3n) is 3.00. The average molecular weight is 287 g/mol. The second-order valence-electron chi connectivity index (χ2n) is 4.85. The van der Waals surface area contributed by atoms with Crippen molar-refractivity contribution >= 4 is 16.2 Å². The van der Waals surface area contributed by atoms with Crippen LogP contribution in [0.3, 0.4) is 0 Å². The minimum absolute atomic E-state index is 0.301. The van der Waals surface area contributed by atoms with Gasteiger partial charge in [-0.05, 0) is 37.5 Å². The molecule has 2 aromatic rings. The Morgan fingerprint density at radius 1 is 0.950 bits per heavy atom. The van der Waals surface area contributed by atoms with E-state index in [2.05, 4.69) is 4.40 Å². The van der Waals surface area contributed by atoms with Gasteiger partial charge >= 0.3 is 0 Å². The summed E-state index contributed by atoms with van der Waals surface area (Å²) in [6.07, 6.45) is 1.38. The third kappa shape index (κ3) is 3.14. The average Bonchev–Trinajstić information content (AvgIpc) is 2.36. The zero-order chi connectivity index (χ0) is 14.8. The van der Waals surface area contributed by atoms with Crippen molar-refractivity contribution < 1.29 is 8.42 Å². The Bertz CT molecular complexity index is 724. The van der Waals surface area contributed by atoms with Gasteiger partial charge in [0.25, 0.3) is 10.0 Å². The molecule has 2 aromatic carbocycles. The summed E-state index contributed by atoms with van der Waals surface area (Å²) in [6, 6.07) is 12.9. The summed E-state index contributed by atoms with van der Waals surface area (Å²) in [4.78, 5) is 0.301. The van der Waals surface area contributed by atoms with Crippen LogP contribution in [0.2, 0.25) is 0 Å². The minimum atomic E-state index is -3.67. The van der Waals surface area contributed by atoms with Crippen molar-refractivity contribution in [2.45, 2.75) is 25.7 Å². The zero-order valence-corrected chi connectivity index (χ0v) is 12.6. The molecule has 3 nitrogen and oxygen atoms in total. The lowest BCUT2D eigenvalue weighted by molar-refractivity contribution is 0.597. The van der Waals surface area contributed by atoms with Crippen LogP contribution in [0.1, 0.15) is 22.3 Å². The fourth-order valence-electron chi connectivity index (χ4n) is 2.30. The second-order valence-corrected chi connectivity index (χ2v) is 6.42. The van der Waals surface area contributed by atoms with Crippen molar-refractivity contribution in [3.63, 3.8) is 0 Å². The number of hydrogen-bond donors (Lipinski definition) is 0. The molecule has 0 aliphatic rings. The summed E-state index contributed by atoms with van der Waals surface area (Å²) >= 11 is 0. The number of sulfonamides is 1. The Balaban J connectivity index is 2.44. The number of benzene rings is 2. The normalized spacial score (nSPS) is 11.9. The first kappa shape index (κ1) is 14.5. The Labute approximate surface area is 120 Å². The first-order valence-corrected chi connectivity index (χ1v) is 7.77. The standard InChI is InChI=1S/C16H17NO2S/c1-12-9-13(2)16(14(3)10-12)20(18,19)17-11-15-7-5-4-6-8-15/h4-11H,1-3H3/b17-11+. The topological polar surface area (TPSA) is 46.5 Å². The third-order valence-corrected chi connectivity index (χ3v) is 4.55. The molecule has 0 spiro atoms. The van der Waals surface area contributed by atoms with E-state index in [4.69, 9.17) is 0 Å². The molecule has 20 heavy (non-hydrogen) atoms. The van der Waals surface area contributed by atoms with Gasteiger partial charge in [0.2, 0.25) is 0 Å². The summed E-state index contributed by atoms with van der Waals surface area (Å²) < 4.78 is 28.5. The Kier molecular flexibility index (Phi) is 4.04. The molecule has 0 amide bonds. The predicted octanol–water partition coefficient (Wildman–Crippen LogP) is 3.42. The van der Waals surface area contributed by atoms with Crippen molar-refractivity contribution in [3.05, 3.63) is 64.7 Å². The molecule has 0 fully saturated rings. The lowest BCUT2D eigenvalue weighted by Crippen LogP contribution is -2.04. The Hall–Kier alpha value is -1.94. The van der Waals surface area contributed by atoms with E-state index in [1.54, 1.807) is 13.8 Å². The highest BCUT2D eigenvalue weighted by Gasteiger charge is 2.18. The molecule has 0 aromatic heterocycles. The fourth-order valence-corrected chi connectivity index (χ4v) is 3.59. The summed E-state index contributed by atoms with van der Waals surface area (Å²) in [7, 11) is -3.67. The van der Waals surface area contributed by atoms with E-state index in [9.17, 15) is 8.42 Å². The maximum Gasteiger partial charge on any atom is 0.282 e. The molecule has 0 atom stereocenters. The number of aryl methyl sites for hydroxylation is 3. The van der Waals surface area contributed by atoms with Crippen LogP contribution >= 0.6 is 0 Å². The SMILES string of the molecule is Cc1cc(C)c(S(=O)(=O)/N=C/c2ccccc2)c(C)c1. The van der Waals surface area contributed by atoms with Gasteiger partial charge in [0.15, 0.2) is 0 Å². The van der Waals surface area contributed by atoms with Gasteiger partial charge in [-0.1, -0.05) is 48.0 Å². The van der Waals surface area contributed by atoms with E-state index in [1.807, 2.05) is 49.4 Å². The smallest absolute Gasteiger partial charge is 0.199 e. The van der Waals surface area contributed by atoms with Gasteiger partial charge in [0.1, 0.15) is 0 Å². The lowest BCUT2D eigenvalue weighted by Gasteiger charge is -2.08. The van der Waals surface area contributed by atoms with E-state index in [0.717, 1.165) is 22.3 Å². The molecular formula is C16H17NO2S. The number of hydrogen-bond acceptors (Lipinski definition) is 2.